The molecule has 0 bridgehead atoms. The maximum absolute atomic E-state index is 14.8. The molecule has 3 aliphatic carbocycles. The first kappa shape index (κ1) is 18.4. The van der Waals surface area contributed by atoms with Crippen molar-refractivity contribution < 1.29 is 13.9 Å². The van der Waals surface area contributed by atoms with E-state index < -0.39 is 11.7 Å². The van der Waals surface area contributed by atoms with E-state index in [1.54, 1.807) is 0 Å². The second-order valence-electron chi connectivity index (χ2n) is 8.92. The highest BCUT2D eigenvalue weighted by Gasteiger charge is 2.40. The highest BCUT2D eigenvalue weighted by molar-refractivity contribution is 5.14. The van der Waals surface area contributed by atoms with Crippen LogP contribution in [0.1, 0.15) is 78.1 Å². The van der Waals surface area contributed by atoms with Crippen molar-refractivity contribution in [2.45, 2.75) is 84.2 Å². The van der Waals surface area contributed by atoms with E-state index in [0.29, 0.717) is 11.8 Å². The summed E-state index contributed by atoms with van der Waals surface area (Å²) in [7, 11) is 0. The molecule has 2 saturated carbocycles. The first-order chi connectivity index (χ1) is 11.5. The molecule has 3 atom stereocenters. The predicted molar refractivity (Wildman–Crippen MR) is 93.7 cm³/mol. The summed E-state index contributed by atoms with van der Waals surface area (Å²) in [6.07, 6.45) is 9.64. The number of halogens is 2. The van der Waals surface area contributed by atoms with E-state index in [9.17, 15) is 13.9 Å². The van der Waals surface area contributed by atoms with E-state index in [1.807, 2.05) is 6.92 Å². The Hall–Kier alpha value is -0.440. The minimum atomic E-state index is -0.412. The third-order valence-electron chi connectivity index (χ3n) is 7.37. The summed E-state index contributed by atoms with van der Waals surface area (Å²) in [6, 6.07) is 0. The SMILES string of the molecule is CC1CCC([C@@H]2CC[C@H](C3CCC([C@H](C)O)CC3)C(F)=C2F)CC1. The summed E-state index contributed by atoms with van der Waals surface area (Å²) in [5, 5.41) is 9.72. The molecule has 0 spiro atoms. The van der Waals surface area contributed by atoms with Gasteiger partial charge in [-0.05, 0) is 82.0 Å². The van der Waals surface area contributed by atoms with Crippen molar-refractivity contribution in [1.29, 1.82) is 0 Å². The summed E-state index contributed by atoms with van der Waals surface area (Å²) in [6.45, 7) is 4.12. The first-order valence-electron chi connectivity index (χ1n) is 10.2. The molecule has 0 amide bonds. The highest BCUT2D eigenvalue weighted by atomic mass is 19.2. The lowest BCUT2D eigenvalue weighted by atomic mass is 9.67. The van der Waals surface area contributed by atoms with Gasteiger partial charge in [0.15, 0.2) is 0 Å². The highest BCUT2D eigenvalue weighted by Crippen LogP contribution is 2.49. The molecule has 2 fully saturated rings. The molecular formula is C21H34F2O. The van der Waals surface area contributed by atoms with E-state index >= 15 is 0 Å². The summed E-state index contributed by atoms with van der Waals surface area (Å²) in [5.74, 6) is 0.573. The van der Waals surface area contributed by atoms with Crippen LogP contribution in [-0.4, -0.2) is 11.2 Å². The maximum atomic E-state index is 14.8. The van der Waals surface area contributed by atoms with Crippen LogP contribution in [0.15, 0.2) is 11.7 Å². The van der Waals surface area contributed by atoms with Crippen molar-refractivity contribution in [3.8, 4) is 0 Å². The summed E-state index contributed by atoms with van der Waals surface area (Å²) < 4.78 is 29.6. The molecule has 0 aromatic heterocycles. The Morgan fingerprint density at radius 2 is 1.17 bits per heavy atom. The molecule has 0 unspecified atom stereocenters. The van der Waals surface area contributed by atoms with Gasteiger partial charge in [-0.1, -0.05) is 19.8 Å². The molecular weight excluding hydrogens is 306 g/mol. The fraction of sp³-hybridized carbons (Fsp3) is 0.905. The summed E-state index contributed by atoms with van der Waals surface area (Å²) >= 11 is 0. The van der Waals surface area contributed by atoms with Gasteiger partial charge >= 0.3 is 0 Å². The van der Waals surface area contributed by atoms with Gasteiger partial charge in [0.1, 0.15) is 11.7 Å². The average molecular weight is 340 g/mol. The second-order valence-corrected chi connectivity index (χ2v) is 8.92. The van der Waals surface area contributed by atoms with E-state index in [0.717, 1.165) is 57.3 Å². The van der Waals surface area contributed by atoms with Crippen LogP contribution < -0.4 is 0 Å². The average Bonchev–Trinajstić information content (AvgIpc) is 2.58. The molecule has 1 N–H and O–H groups in total. The van der Waals surface area contributed by atoms with Gasteiger partial charge in [0.2, 0.25) is 0 Å². The second kappa shape index (κ2) is 7.85. The van der Waals surface area contributed by atoms with Crippen LogP contribution in [0.3, 0.4) is 0 Å². The van der Waals surface area contributed by atoms with Crippen LogP contribution >= 0.6 is 0 Å². The molecule has 0 radical (unpaired) electrons. The number of rotatable bonds is 3. The van der Waals surface area contributed by atoms with Crippen molar-refractivity contribution in [1.82, 2.24) is 0 Å². The fourth-order valence-corrected chi connectivity index (χ4v) is 5.57. The van der Waals surface area contributed by atoms with Crippen molar-refractivity contribution in [3.63, 3.8) is 0 Å². The monoisotopic (exact) mass is 340 g/mol. The molecule has 0 aromatic carbocycles. The van der Waals surface area contributed by atoms with Crippen LogP contribution in [0.2, 0.25) is 0 Å². The number of hydrogen-bond acceptors (Lipinski definition) is 1. The lowest BCUT2D eigenvalue weighted by Crippen LogP contribution is -2.31. The molecule has 0 heterocycles. The quantitative estimate of drug-likeness (QED) is 0.650. The standard InChI is InChI=1S/C21H34F2O/c1-13-3-5-16(6-4-13)18-11-12-19(21(23)20(18)22)17-9-7-15(8-10-17)14(2)24/h13-19,24H,3-12H2,1-2H3/t13?,14-,15?,16?,17?,18-,19+/m0/s1. The molecule has 3 heteroatoms. The zero-order chi connectivity index (χ0) is 17.3. The van der Waals surface area contributed by atoms with Crippen molar-refractivity contribution in [2.75, 3.05) is 0 Å². The normalized spacial score (nSPS) is 42.9. The topological polar surface area (TPSA) is 20.2 Å². The molecule has 24 heavy (non-hydrogen) atoms. The lowest BCUT2D eigenvalue weighted by Gasteiger charge is -2.39. The van der Waals surface area contributed by atoms with Crippen LogP contribution in [0.25, 0.3) is 0 Å². The Kier molecular flexibility index (Phi) is 6.00. The van der Waals surface area contributed by atoms with Gasteiger partial charge in [0, 0.05) is 11.8 Å². The number of aliphatic hydroxyl groups is 1. The zero-order valence-electron chi connectivity index (χ0n) is 15.3. The summed E-state index contributed by atoms with van der Waals surface area (Å²) in [4.78, 5) is 0. The number of hydrogen-bond donors (Lipinski definition) is 1. The Morgan fingerprint density at radius 1 is 0.750 bits per heavy atom. The van der Waals surface area contributed by atoms with Gasteiger partial charge in [0.05, 0.1) is 6.10 Å². The minimum Gasteiger partial charge on any atom is -0.393 e. The van der Waals surface area contributed by atoms with Gasteiger partial charge in [-0.25, -0.2) is 8.78 Å². The van der Waals surface area contributed by atoms with Gasteiger partial charge in [-0.15, -0.1) is 0 Å². The molecule has 3 rings (SSSR count). The number of allylic oxidation sites excluding steroid dienone is 2. The first-order valence-corrected chi connectivity index (χ1v) is 10.2. The van der Waals surface area contributed by atoms with Gasteiger partial charge in [0.25, 0.3) is 0 Å². The minimum absolute atomic E-state index is 0.150. The lowest BCUT2D eigenvalue weighted by molar-refractivity contribution is 0.0715. The van der Waals surface area contributed by atoms with Crippen LogP contribution in [-0.2, 0) is 0 Å². The fourth-order valence-electron chi connectivity index (χ4n) is 5.57. The predicted octanol–water partition coefficient (Wildman–Crippen LogP) is 6.18. The molecule has 1 nitrogen and oxygen atoms in total. The van der Waals surface area contributed by atoms with E-state index in [1.165, 1.54) is 12.8 Å². The number of aliphatic hydroxyl groups excluding tert-OH is 1. The van der Waals surface area contributed by atoms with E-state index in [4.69, 9.17) is 0 Å². The Balaban J connectivity index is 1.62. The van der Waals surface area contributed by atoms with E-state index in [-0.39, 0.29) is 23.9 Å². The maximum Gasteiger partial charge on any atom is 0.135 e. The van der Waals surface area contributed by atoms with Gasteiger partial charge in [-0.3, -0.25) is 0 Å². The molecule has 138 valence electrons. The molecule has 0 saturated heterocycles. The zero-order valence-corrected chi connectivity index (χ0v) is 15.3. The molecule has 0 aliphatic heterocycles. The van der Waals surface area contributed by atoms with Crippen molar-refractivity contribution in [3.05, 3.63) is 11.7 Å². The van der Waals surface area contributed by atoms with Crippen LogP contribution in [0.5, 0.6) is 0 Å². The molecule has 3 aliphatic rings. The Bertz CT molecular complexity index is 443. The largest absolute Gasteiger partial charge is 0.393 e. The van der Waals surface area contributed by atoms with Crippen LogP contribution in [0.4, 0.5) is 8.78 Å². The van der Waals surface area contributed by atoms with E-state index in [2.05, 4.69) is 6.92 Å². The van der Waals surface area contributed by atoms with Gasteiger partial charge in [-0.2, -0.15) is 0 Å². The molecule has 0 aromatic rings. The van der Waals surface area contributed by atoms with Crippen LogP contribution in [0, 0.1) is 35.5 Å². The Labute approximate surface area is 145 Å². The third kappa shape index (κ3) is 3.86. The Morgan fingerprint density at radius 3 is 1.58 bits per heavy atom. The van der Waals surface area contributed by atoms with Crippen molar-refractivity contribution in [2.24, 2.45) is 35.5 Å². The van der Waals surface area contributed by atoms with Gasteiger partial charge < -0.3 is 5.11 Å². The third-order valence-corrected chi connectivity index (χ3v) is 7.37. The summed E-state index contributed by atoms with van der Waals surface area (Å²) in [5.41, 5.74) is 0. The van der Waals surface area contributed by atoms with Crippen molar-refractivity contribution >= 4 is 0 Å². The smallest absolute Gasteiger partial charge is 0.135 e.